The maximum Gasteiger partial charge on any atom is 0.305 e. The third-order valence-electron chi connectivity index (χ3n) is 14.7. The van der Waals surface area contributed by atoms with Gasteiger partial charge in [-0.15, -0.1) is 0 Å². The topological polar surface area (TPSA) is 65.0 Å². The van der Waals surface area contributed by atoms with Crippen molar-refractivity contribution in [3.05, 3.63) is 197 Å². The van der Waals surface area contributed by atoms with Gasteiger partial charge in [0, 0.05) is 55.5 Å². The lowest BCUT2D eigenvalue weighted by Crippen LogP contribution is -2.43. The Labute approximate surface area is 361 Å². The van der Waals surface area contributed by atoms with Gasteiger partial charge in [-0.3, -0.25) is 4.79 Å². The first-order valence-corrected chi connectivity index (χ1v) is 22.0. The molecule has 0 saturated carbocycles. The second-order valence-corrected chi connectivity index (χ2v) is 17.8. The molecule has 0 saturated heterocycles. The Morgan fingerprint density at radius 1 is 0.452 bits per heavy atom. The number of ether oxygens (including phenoxy) is 1. The average molecular weight is 804 g/mol. The molecule has 5 heteroatoms. The van der Waals surface area contributed by atoms with E-state index >= 15 is 0 Å². The normalized spacial score (nSPS) is 20.1. The van der Waals surface area contributed by atoms with Gasteiger partial charge in [0.25, 0.3) is 0 Å². The molecule has 0 aliphatic heterocycles. The number of benzene rings is 6. The molecule has 6 aromatic carbocycles. The second kappa shape index (κ2) is 13.8. The van der Waals surface area contributed by atoms with Gasteiger partial charge in [0.15, 0.2) is 0 Å². The van der Waals surface area contributed by atoms with Crippen molar-refractivity contribution < 1.29 is 9.53 Å². The number of hydrogen-bond donors (Lipinski definition) is 0. The van der Waals surface area contributed by atoms with Crippen LogP contribution in [-0.4, -0.2) is 28.0 Å². The molecule has 0 bridgehead atoms. The first kappa shape index (κ1) is 36.8. The number of para-hydroxylation sites is 3. The fourth-order valence-electron chi connectivity index (χ4n) is 12.2. The average Bonchev–Trinajstić information content (AvgIpc) is 3.84. The summed E-state index contributed by atoms with van der Waals surface area (Å²) in [5.41, 5.74) is 15.5. The van der Waals surface area contributed by atoms with E-state index in [0.717, 1.165) is 74.6 Å². The largest absolute Gasteiger partial charge is 0.469 e. The molecule has 3 aliphatic carbocycles. The molecule has 0 radical (unpaired) electrons. The molecule has 0 spiro atoms. The highest BCUT2D eigenvalue weighted by molar-refractivity contribution is 5.93. The number of esters is 1. The number of hydrogen-bond acceptors (Lipinski definition) is 5. The lowest BCUT2D eigenvalue weighted by atomic mass is 9.55. The van der Waals surface area contributed by atoms with Gasteiger partial charge in [-0.2, -0.15) is 0 Å². The molecular formula is C57H45N3O2. The molecule has 62 heavy (non-hydrogen) atoms. The standard InChI is InChI=1S/C57H45N3O2/c1-3-29-55(42-22-10-7-19-39(42)52-45(55)31-36-16-4-13-25-48(36)58-52)34-57(44-24-12-9-21-41(44)54-47(57)33-38-18-6-15-27-50(38)60-54)35-56(30-28-51(61)62-2)43-23-11-8-20-40(43)53-46(56)32-37-17-5-14-26-49(37)59-53/h4-27,31-33H,3,28-30,34-35H2,1-2H3/t55-,56+,57-/m1/s1. The van der Waals surface area contributed by atoms with E-state index in [1.54, 1.807) is 0 Å². The van der Waals surface area contributed by atoms with Crippen LogP contribution in [0.2, 0.25) is 0 Å². The molecule has 0 fully saturated rings. The van der Waals surface area contributed by atoms with Gasteiger partial charge in [0.05, 0.1) is 40.7 Å². The van der Waals surface area contributed by atoms with Crippen LogP contribution in [0.4, 0.5) is 0 Å². The number of carbonyl (C=O) groups excluding carboxylic acids is 1. The van der Waals surface area contributed by atoms with Crippen LogP contribution in [0.25, 0.3) is 66.5 Å². The molecule has 5 nitrogen and oxygen atoms in total. The number of rotatable bonds is 9. The summed E-state index contributed by atoms with van der Waals surface area (Å²) in [6, 6.07) is 59.7. The molecule has 9 aromatic rings. The summed E-state index contributed by atoms with van der Waals surface area (Å²) in [7, 11) is 1.50. The first-order chi connectivity index (χ1) is 30.5. The fraction of sp³-hybridized carbons (Fsp3) is 0.193. The summed E-state index contributed by atoms with van der Waals surface area (Å²) in [5, 5.41) is 3.37. The maximum absolute atomic E-state index is 13.5. The van der Waals surface area contributed by atoms with Crippen molar-refractivity contribution in [3.63, 3.8) is 0 Å². The summed E-state index contributed by atoms with van der Waals surface area (Å²) in [6.45, 7) is 2.33. The van der Waals surface area contributed by atoms with Gasteiger partial charge in [-0.1, -0.05) is 141 Å². The minimum Gasteiger partial charge on any atom is -0.469 e. The van der Waals surface area contributed by atoms with Crippen molar-refractivity contribution in [3.8, 4) is 33.8 Å². The third kappa shape index (κ3) is 5.14. The number of fused-ring (bicyclic) bond motifs is 12. The zero-order valence-electron chi connectivity index (χ0n) is 35.0. The third-order valence-corrected chi connectivity index (χ3v) is 14.7. The number of aromatic nitrogens is 3. The number of methoxy groups -OCH3 is 1. The molecule has 3 aliphatic rings. The number of pyridine rings is 3. The van der Waals surface area contributed by atoms with E-state index in [1.807, 2.05) is 0 Å². The van der Waals surface area contributed by atoms with E-state index in [-0.39, 0.29) is 12.4 Å². The molecule has 0 unspecified atom stereocenters. The maximum atomic E-state index is 13.5. The van der Waals surface area contributed by atoms with Gasteiger partial charge >= 0.3 is 5.97 Å². The Balaban J connectivity index is 1.21. The number of carbonyl (C=O) groups is 1. The van der Waals surface area contributed by atoms with Crippen LogP contribution in [0.3, 0.4) is 0 Å². The lowest BCUT2D eigenvalue weighted by molar-refractivity contribution is -0.141. The van der Waals surface area contributed by atoms with E-state index in [4.69, 9.17) is 19.7 Å². The first-order valence-electron chi connectivity index (χ1n) is 22.0. The quantitative estimate of drug-likeness (QED) is 0.136. The predicted molar refractivity (Wildman–Crippen MR) is 249 cm³/mol. The molecular weight excluding hydrogens is 759 g/mol. The van der Waals surface area contributed by atoms with Gasteiger partial charge in [0.2, 0.25) is 0 Å². The second-order valence-electron chi connectivity index (χ2n) is 17.8. The Morgan fingerprint density at radius 3 is 1.23 bits per heavy atom. The van der Waals surface area contributed by atoms with Crippen LogP contribution in [0, 0.1) is 0 Å². The Hall–Kier alpha value is -6.98. The summed E-state index contributed by atoms with van der Waals surface area (Å²) in [5.74, 6) is -0.211. The molecule has 0 N–H and O–H groups in total. The van der Waals surface area contributed by atoms with Crippen molar-refractivity contribution in [2.45, 2.75) is 61.7 Å². The van der Waals surface area contributed by atoms with Gasteiger partial charge in [0.1, 0.15) is 0 Å². The van der Waals surface area contributed by atoms with Gasteiger partial charge < -0.3 is 4.74 Å². The van der Waals surface area contributed by atoms with Crippen LogP contribution >= 0.6 is 0 Å². The Kier molecular flexibility index (Phi) is 8.18. The zero-order valence-corrected chi connectivity index (χ0v) is 35.0. The highest BCUT2D eigenvalue weighted by Gasteiger charge is 2.58. The molecule has 12 rings (SSSR count). The van der Waals surface area contributed by atoms with E-state index in [0.29, 0.717) is 12.8 Å². The SMILES string of the molecule is CCC[C@@]1(C[C@@]2(C[C@@]3(CCC(=O)OC)c4ccccc4-c4nc5ccccc5cc43)c3ccccc3-c3nc4ccccc4cc32)c2ccccc2-c2nc3ccccc3cc21. The van der Waals surface area contributed by atoms with Crippen LogP contribution in [-0.2, 0) is 25.8 Å². The Bertz CT molecular complexity index is 3320. The number of nitrogens with zero attached hydrogens (tertiary/aromatic N) is 3. The van der Waals surface area contributed by atoms with Crippen LogP contribution in [0.1, 0.15) is 78.8 Å². The molecule has 3 atom stereocenters. The molecule has 3 heterocycles. The van der Waals surface area contributed by atoms with Crippen molar-refractivity contribution >= 4 is 38.7 Å². The fourth-order valence-corrected chi connectivity index (χ4v) is 12.2. The molecule has 300 valence electrons. The van der Waals surface area contributed by atoms with Crippen LogP contribution in [0.15, 0.2) is 164 Å². The molecule has 3 aromatic heterocycles. The summed E-state index contributed by atoms with van der Waals surface area (Å²) >= 11 is 0. The van der Waals surface area contributed by atoms with Crippen LogP contribution in [0.5, 0.6) is 0 Å². The smallest absolute Gasteiger partial charge is 0.305 e. The van der Waals surface area contributed by atoms with E-state index < -0.39 is 16.2 Å². The summed E-state index contributed by atoms with van der Waals surface area (Å²) in [4.78, 5) is 30.1. The van der Waals surface area contributed by atoms with Crippen molar-refractivity contribution in [2.75, 3.05) is 7.11 Å². The highest BCUT2D eigenvalue weighted by Crippen LogP contribution is 2.66. The minimum atomic E-state index is -0.631. The lowest BCUT2D eigenvalue weighted by Gasteiger charge is -2.47. The predicted octanol–water partition coefficient (Wildman–Crippen LogP) is 13.1. The van der Waals surface area contributed by atoms with Crippen molar-refractivity contribution in [1.29, 1.82) is 0 Å². The van der Waals surface area contributed by atoms with E-state index in [1.165, 1.54) is 51.6 Å². The van der Waals surface area contributed by atoms with Crippen LogP contribution < -0.4 is 0 Å². The Morgan fingerprint density at radius 2 is 0.806 bits per heavy atom. The minimum absolute atomic E-state index is 0.211. The van der Waals surface area contributed by atoms with Crippen molar-refractivity contribution in [2.24, 2.45) is 0 Å². The monoisotopic (exact) mass is 803 g/mol. The summed E-state index contributed by atoms with van der Waals surface area (Å²) < 4.78 is 5.45. The molecule has 0 amide bonds. The van der Waals surface area contributed by atoms with Gasteiger partial charge in [-0.05, 0) is 95.5 Å². The van der Waals surface area contributed by atoms with Crippen molar-refractivity contribution in [1.82, 2.24) is 15.0 Å². The summed E-state index contributed by atoms with van der Waals surface area (Å²) in [6.07, 6.45) is 4.21. The van der Waals surface area contributed by atoms with E-state index in [2.05, 4.69) is 171 Å². The zero-order chi connectivity index (χ0) is 41.6. The highest BCUT2D eigenvalue weighted by atomic mass is 16.5. The van der Waals surface area contributed by atoms with Gasteiger partial charge in [-0.25, -0.2) is 15.0 Å². The van der Waals surface area contributed by atoms with E-state index in [9.17, 15) is 4.79 Å².